The molecule has 0 aliphatic carbocycles. The quantitative estimate of drug-likeness (QED) is 0.786. The van der Waals surface area contributed by atoms with Crippen molar-refractivity contribution in [2.24, 2.45) is 7.05 Å². The fraction of sp³-hybridized carbons (Fsp3) is 0.267. The monoisotopic (exact) mass is 267 g/mol. The normalized spacial score (nSPS) is 12.7. The van der Waals surface area contributed by atoms with Gasteiger partial charge in [0, 0.05) is 37.4 Å². The Labute approximate surface area is 117 Å². The van der Waals surface area contributed by atoms with Gasteiger partial charge in [-0.15, -0.1) is 0 Å². The summed E-state index contributed by atoms with van der Waals surface area (Å²) in [5.41, 5.74) is 2.93. The number of para-hydroxylation sites is 1. The highest BCUT2D eigenvalue weighted by molar-refractivity contribution is 5.78. The minimum absolute atomic E-state index is 0.0143. The Morgan fingerprint density at radius 2 is 2.00 bits per heavy atom. The molecule has 0 saturated carbocycles. The van der Waals surface area contributed by atoms with Gasteiger partial charge in [-0.1, -0.05) is 19.1 Å². The van der Waals surface area contributed by atoms with Crippen molar-refractivity contribution < 1.29 is 0 Å². The molecule has 0 spiro atoms. The molecule has 0 fully saturated rings. The van der Waals surface area contributed by atoms with Crippen LogP contribution in [0.1, 0.15) is 24.4 Å². The zero-order chi connectivity index (χ0) is 13.9. The van der Waals surface area contributed by atoms with Crippen molar-refractivity contribution >= 4 is 11.0 Å². The Balaban J connectivity index is 2.17. The summed E-state index contributed by atoms with van der Waals surface area (Å²) in [6, 6.07) is 6.09. The first-order valence-corrected chi connectivity index (χ1v) is 6.71. The second kappa shape index (κ2) is 5.38. The molecule has 0 bridgehead atoms. The predicted molar refractivity (Wildman–Crippen MR) is 78.3 cm³/mol. The number of hydrogen-bond acceptors (Lipinski definition) is 4. The molecule has 3 aromatic rings. The Kier molecular flexibility index (Phi) is 3.43. The third kappa shape index (κ3) is 2.16. The van der Waals surface area contributed by atoms with E-state index in [1.807, 2.05) is 36.1 Å². The maximum absolute atomic E-state index is 4.48. The molecule has 0 aliphatic heterocycles. The van der Waals surface area contributed by atoms with Crippen LogP contribution in [0.15, 0.2) is 43.0 Å². The van der Waals surface area contributed by atoms with E-state index in [1.54, 1.807) is 12.4 Å². The molecule has 0 aliphatic rings. The van der Waals surface area contributed by atoms with Crippen molar-refractivity contribution in [2.75, 3.05) is 6.54 Å². The van der Waals surface area contributed by atoms with E-state index in [9.17, 15) is 0 Å². The summed E-state index contributed by atoms with van der Waals surface area (Å²) in [4.78, 5) is 13.3. The van der Waals surface area contributed by atoms with Gasteiger partial charge in [-0.3, -0.25) is 9.97 Å². The molecule has 1 atom stereocenters. The van der Waals surface area contributed by atoms with Crippen molar-refractivity contribution in [3.05, 3.63) is 54.4 Å². The molecule has 5 heteroatoms. The number of aryl methyl sites for hydroxylation is 1. The Hall–Kier alpha value is -2.27. The van der Waals surface area contributed by atoms with Gasteiger partial charge in [-0.2, -0.15) is 0 Å². The molecule has 0 amide bonds. The number of imidazole rings is 1. The van der Waals surface area contributed by atoms with Crippen LogP contribution in [0, 0.1) is 0 Å². The molecule has 20 heavy (non-hydrogen) atoms. The minimum Gasteiger partial charge on any atom is -0.336 e. The molecule has 0 saturated heterocycles. The maximum Gasteiger partial charge on any atom is 0.130 e. The summed E-state index contributed by atoms with van der Waals surface area (Å²) in [6.45, 7) is 2.95. The van der Waals surface area contributed by atoms with E-state index in [1.165, 1.54) is 0 Å². The largest absolute Gasteiger partial charge is 0.336 e. The Bertz CT molecular complexity index is 714. The van der Waals surface area contributed by atoms with Gasteiger partial charge in [0.25, 0.3) is 0 Å². The highest BCUT2D eigenvalue weighted by Gasteiger charge is 2.20. The van der Waals surface area contributed by atoms with Crippen LogP contribution >= 0.6 is 0 Å². The van der Waals surface area contributed by atoms with E-state index < -0.39 is 0 Å². The summed E-state index contributed by atoms with van der Waals surface area (Å²) >= 11 is 0. The number of hydrogen-bond donors (Lipinski definition) is 1. The van der Waals surface area contributed by atoms with Crippen LogP contribution in [0.3, 0.4) is 0 Å². The third-order valence-corrected chi connectivity index (χ3v) is 3.37. The maximum atomic E-state index is 4.48. The van der Waals surface area contributed by atoms with Crippen LogP contribution < -0.4 is 5.32 Å². The summed E-state index contributed by atoms with van der Waals surface area (Å²) in [6.07, 6.45) is 7.22. The van der Waals surface area contributed by atoms with E-state index in [0.29, 0.717) is 0 Å². The predicted octanol–water partition coefficient (Wildman–Crippen LogP) is 2.06. The van der Waals surface area contributed by atoms with Crippen LogP contribution in [-0.2, 0) is 7.05 Å². The lowest BCUT2D eigenvalue weighted by Gasteiger charge is -2.19. The molecule has 1 N–H and O–H groups in total. The standard InChI is InChI=1S/C15H17N5/c1-3-16-14(15-19-9-10-20(15)2)11-5-4-6-12-13(11)18-8-7-17-12/h4-10,14,16H,3H2,1-2H3. The van der Waals surface area contributed by atoms with Gasteiger partial charge in [-0.05, 0) is 12.6 Å². The van der Waals surface area contributed by atoms with Gasteiger partial charge in [0.2, 0.25) is 0 Å². The highest BCUT2D eigenvalue weighted by Crippen LogP contribution is 2.25. The number of nitrogens with one attached hydrogen (secondary N) is 1. The number of nitrogens with zero attached hydrogens (tertiary/aromatic N) is 4. The van der Waals surface area contributed by atoms with Crippen LogP contribution in [0.4, 0.5) is 0 Å². The van der Waals surface area contributed by atoms with Gasteiger partial charge in [0.15, 0.2) is 0 Å². The molecule has 102 valence electrons. The number of aromatic nitrogens is 4. The van der Waals surface area contributed by atoms with Gasteiger partial charge < -0.3 is 9.88 Å². The number of fused-ring (bicyclic) bond motifs is 1. The minimum atomic E-state index is 0.0143. The molecule has 1 aromatic carbocycles. The first kappa shape index (κ1) is 12.7. The summed E-state index contributed by atoms with van der Waals surface area (Å²) in [5.74, 6) is 0.977. The van der Waals surface area contributed by atoms with Crippen LogP contribution in [0.5, 0.6) is 0 Å². The summed E-state index contributed by atoms with van der Waals surface area (Å²) < 4.78 is 2.03. The van der Waals surface area contributed by atoms with Gasteiger partial charge in [0.05, 0.1) is 17.1 Å². The number of rotatable bonds is 4. The van der Waals surface area contributed by atoms with Gasteiger partial charge >= 0.3 is 0 Å². The molecule has 1 unspecified atom stereocenters. The molecular weight excluding hydrogens is 250 g/mol. The SMILES string of the molecule is CCNC(c1cccc2nccnc12)c1nccn1C. The topological polar surface area (TPSA) is 55.6 Å². The second-order valence-electron chi connectivity index (χ2n) is 4.66. The fourth-order valence-electron chi connectivity index (χ4n) is 2.45. The Morgan fingerprint density at radius 1 is 1.15 bits per heavy atom. The smallest absolute Gasteiger partial charge is 0.130 e. The molecule has 5 nitrogen and oxygen atoms in total. The lowest BCUT2D eigenvalue weighted by Crippen LogP contribution is -2.25. The van der Waals surface area contributed by atoms with Crippen molar-refractivity contribution in [1.82, 2.24) is 24.8 Å². The van der Waals surface area contributed by atoms with Crippen molar-refractivity contribution in [1.29, 1.82) is 0 Å². The number of benzene rings is 1. The average molecular weight is 267 g/mol. The summed E-state index contributed by atoms with van der Waals surface area (Å²) in [5, 5.41) is 3.48. The molecular formula is C15H17N5. The lowest BCUT2D eigenvalue weighted by atomic mass is 10.0. The molecule has 2 heterocycles. The van der Waals surface area contributed by atoms with Gasteiger partial charge in [0.1, 0.15) is 5.82 Å². The van der Waals surface area contributed by atoms with Crippen LogP contribution in [0.2, 0.25) is 0 Å². The third-order valence-electron chi connectivity index (χ3n) is 3.37. The van der Waals surface area contributed by atoms with E-state index >= 15 is 0 Å². The lowest BCUT2D eigenvalue weighted by molar-refractivity contribution is 0.579. The van der Waals surface area contributed by atoms with E-state index in [0.717, 1.165) is 29.0 Å². The van der Waals surface area contributed by atoms with E-state index in [2.05, 4.69) is 33.3 Å². The fourth-order valence-corrected chi connectivity index (χ4v) is 2.45. The van der Waals surface area contributed by atoms with Crippen molar-refractivity contribution in [3.8, 4) is 0 Å². The first-order chi connectivity index (χ1) is 9.81. The van der Waals surface area contributed by atoms with Crippen molar-refractivity contribution in [2.45, 2.75) is 13.0 Å². The molecule has 0 radical (unpaired) electrons. The first-order valence-electron chi connectivity index (χ1n) is 6.71. The average Bonchev–Trinajstić information content (AvgIpc) is 2.90. The highest BCUT2D eigenvalue weighted by atomic mass is 15.1. The van der Waals surface area contributed by atoms with Crippen LogP contribution in [0.25, 0.3) is 11.0 Å². The Morgan fingerprint density at radius 3 is 2.75 bits per heavy atom. The zero-order valence-electron chi connectivity index (χ0n) is 11.6. The summed E-state index contributed by atoms with van der Waals surface area (Å²) in [7, 11) is 2.00. The van der Waals surface area contributed by atoms with Crippen molar-refractivity contribution in [3.63, 3.8) is 0 Å². The van der Waals surface area contributed by atoms with Gasteiger partial charge in [-0.25, -0.2) is 4.98 Å². The zero-order valence-corrected chi connectivity index (χ0v) is 11.6. The van der Waals surface area contributed by atoms with E-state index in [4.69, 9.17) is 0 Å². The molecule has 3 rings (SSSR count). The van der Waals surface area contributed by atoms with E-state index in [-0.39, 0.29) is 6.04 Å². The second-order valence-corrected chi connectivity index (χ2v) is 4.66. The van der Waals surface area contributed by atoms with Crippen LogP contribution in [-0.4, -0.2) is 26.1 Å². The molecule has 2 aromatic heterocycles.